The number of thioether (sulfide) groups is 1. The molecule has 0 aliphatic rings. The molecule has 0 unspecified atom stereocenters. The van der Waals surface area contributed by atoms with Crippen LogP contribution >= 0.6 is 11.8 Å². The lowest BCUT2D eigenvalue weighted by Crippen LogP contribution is -2.27. The van der Waals surface area contributed by atoms with Crippen molar-refractivity contribution in [3.8, 4) is 0 Å². The van der Waals surface area contributed by atoms with E-state index in [1.807, 2.05) is 36.7 Å². The summed E-state index contributed by atoms with van der Waals surface area (Å²) in [5, 5.41) is 12.5. The van der Waals surface area contributed by atoms with Gasteiger partial charge in [0.1, 0.15) is 5.82 Å². The molecule has 0 spiro atoms. The molecule has 0 fully saturated rings. The topological polar surface area (TPSA) is 84.7 Å². The van der Waals surface area contributed by atoms with E-state index in [2.05, 4.69) is 34.6 Å². The van der Waals surface area contributed by atoms with E-state index >= 15 is 0 Å². The van der Waals surface area contributed by atoms with Crippen LogP contribution in [-0.4, -0.2) is 44.5 Å². The van der Waals surface area contributed by atoms with E-state index in [1.54, 1.807) is 18.0 Å². The number of benzene rings is 1. The van der Waals surface area contributed by atoms with Crippen molar-refractivity contribution in [1.82, 2.24) is 25.1 Å². The molecule has 0 saturated heterocycles. The molecule has 1 amide bonds. The highest BCUT2D eigenvalue weighted by Crippen LogP contribution is 2.24. The maximum absolute atomic E-state index is 12.5. The number of carbonyl (C=O) groups is 1. The van der Waals surface area contributed by atoms with Crippen molar-refractivity contribution in [3.63, 3.8) is 0 Å². The second-order valence-corrected chi connectivity index (χ2v) is 8.35. The standard InChI is InChI=1S/C22H30N6OS/c1-5-9-23-19-18-14-25-28(20(18)27-22(26-19)30-12-6-2)11-10-24-21(29)17-8-7-15(3)16(4)13-17/h7-8,13-14H,5-6,9-12H2,1-4H3,(H,24,29)(H,23,26,27). The van der Waals surface area contributed by atoms with Crippen LogP contribution in [0.3, 0.4) is 0 Å². The van der Waals surface area contributed by atoms with Gasteiger partial charge in [0.2, 0.25) is 0 Å². The average molecular weight is 427 g/mol. The second kappa shape index (κ2) is 10.4. The Bertz CT molecular complexity index is 1020. The van der Waals surface area contributed by atoms with E-state index in [1.165, 1.54) is 5.56 Å². The van der Waals surface area contributed by atoms with E-state index in [-0.39, 0.29) is 5.91 Å². The highest BCUT2D eigenvalue weighted by molar-refractivity contribution is 7.99. The van der Waals surface area contributed by atoms with Gasteiger partial charge >= 0.3 is 0 Å². The molecule has 8 heteroatoms. The first kappa shape index (κ1) is 22.1. The van der Waals surface area contributed by atoms with Gasteiger partial charge in [-0.05, 0) is 49.9 Å². The fourth-order valence-electron chi connectivity index (χ4n) is 3.00. The Labute approximate surface area is 182 Å². The van der Waals surface area contributed by atoms with E-state index in [0.29, 0.717) is 18.7 Å². The summed E-state index contributed by atoms with van der Waals surface area (Å²) in [6, 6.07) is 5.75. The maximum atomic E-state index is 12.5. The molecule has 3 rings (SSSR count). The summed E-state index contributed by atoms with van der Waals surface area (Å²) in [6.07, 6.45) is 3.88. The van der Waals surface area contributed by atoms with Crippen LogP contribution in [0.4, 0.5) is 5.82 Å². The molecule has 0 bridgehead atoms. The number of hydrogen-bond acceptors (Lipinski definition) is 6. The lowest BCUT2D eigenvalue weighted by atomic mass is 10.1. The van der Waals surface area contributed by atoms with Gasteiger partial charge in [0, 0.05) is 24.4 Å². The van der Waals surface area contributed by atoms with Gasteiger partial charge in [-0.25, -0.2) is 14.6 Å². The van der Waals surface area contributed by atoms with E-state index in [4.69, 9.17) is 4.98 Å². The number of nitrogens with one attached hydrogen (secondary N) is 2. The number of aryl methyl sites for hydroxylation is 2. The number of hydrogen-bond donors (Lipinski definition) is 2. The first-order valence-electron chi connectivity index (χ1n) is 10.5. The third-order valence-corrected chi connectivity index (χ3v) is 5.88. The lowest BCUT2D eigenvalue weighted by molar-refractivity contribution is 0.0952. The molecule has 30 heavy (non-hydrogen) atoms. The predicted molar refractivity (Wildman–Crippen MR) is 123 cm³/mol. The van der Waals surface area contributed by atoms with Gasteiger partial charge in [0.05, 0.1) is 18.1 Å². The summed E-state index contributed by atoms with van der Waals surface area (Å²) in [7, 11) is 0. The summed E-state index contributed by atoms with van der Waals surface area (Å²) >= 11 is 1.65. The normalized spacial score (nSPS) is 11.1. The minimum absolute atomic E-state index is 0.0753. The van der Waals surface area contributed by atoms with Crippen LogP contribution in [0, 0.1) is 13.8 Å². The Kier molecular flexibility index (Phi) is 7.68. The number of fused-ring (bicyclic) bond motifs is 1. The van der Waals surface area contributed by atoms with Crippen LogP contribution in [0.25, 0.3) is 11.0 Å². The van der Waals surface area contributed by atoms with Crippen LogP contribution in [0.5, 0.6) is 0 Å². The maximum Gasteiger partial charge on any atom is 0.251 e. The lowest BCUT2D eigenvalue weighted by Gasteiger charge is -2.10. The van der Waals surface area contributed by atoms with Gasteiger partial charge in [-0.2, -0.15) is 5.10 Å². The molecule has 0 saturated carbocycles. The summed E-state index contributed by atoms with van der Waals surface area (Å²) in [5.41, 5.74) is 3.76. The van der Waals surface area contributed by atoms with Gasteiger partial charge in [0.25, 0.3) is 5.91 Å². The van der Waals surface area contributed by atoms with Crippen LogP contribution in [0.15, 0.2) is 29.6 Å². The van der Waals surface area contributed by atoms with Gasteiger partial charge in [-0.15, -0.1) is 0 Å². The van der Waals surface area contributed by atoms with Crippen molar-refractivity contribution < 1.29 is 4.79 Å². The summed E-state index contributed by atoms with van der Waals surface area (Å²) < 4.78 is 1.84. The molecule has 0 aliphatic heterocycles. The highest BCUT2D eigenvalue weighted by atomic mass is 32.2. The fraction of sp³-hybridized carbons (Fsp3) is 0.455. The fourth-order valence-corrected chi connectivity index (χ4v) is 3.69. The second-order valence-electron chi connectivity index (χ2n) is 7.29. The van der Waals surface area contributed by atoms with Gasteiger partial charge in [-0.3, -0.25) is 4.79 Å². The average Bonchev–Trinajstić information content (AvgIpc) is 3.15. The predicted octanol–water partition coefficient (Wildman–Crippen LogP) is 4.20. The molecule has 0 atom stereocenters. The largest absolute Gasteiger partial charge is 0.369 e. The Morgan fingerprint density at radius 3 is 2.67 bits per heavy atom. The van der Waals surface area contributed by atoms with Gasteiger partial charge in [0.15, 0.2) is 10.8 Å². The minimum atomic E-state index is -0.0753. The van der Waals surface area contributed by atoms with Crippen molar-refractivity contribution in [2.45, 2.75) is 52.2 Å². The SMILES string of the molecule is CCCNc1nc(SCCC)nc2c1cnn2CCNC(=O)c1ccc(C)c(C)c1. The molecular weight excluding hydrogens is 396 g/mol. The molecule has 160 valence electrons. The Hall–Kier alpha value is -2.61. The number of amides is 1. The number of carbonyl (C=O) groups excluding carboxylic acids is 1. The Morgan fingerprint density at radius 2 is 1.93 bits per heavy atom. The van der Waals surface area contributed by atoms with Crippen molar-refractivity contribution in [1.29, 1.82) is 0 Å². The molecule has 0 radical (unpaired) electrons. The smallest absolute Gasteiger partial charge is 0.251 e. The van der Waals surface area contributed by atoms with E-state index < -0.39 is 0 Å². The van der Waals surface area contributed by atoms with Crippen LogP contribution in [0.2, 0.25) is 0 Å². The van der Waals surface area contributed by atoms with Crippen molar-refractivity contribution in [3.05, 3.63) is 41.1 Å². The molecule has 2 N–H and O–H groups in total. The van der Waals surface area contributed by atoms with E-state index in [0.717, 1.165) is 52.7 Å². The number of anilines is 1. The zero-order valence-electron chi connectivity index (χ0n) is 18.2. The molecular formula is C22H30N6OS. The number of rotatable bonds is 10. The highest BCUT2D eigenvalue weighted by Gasteiger charge is 2.14. The minimum Gasteiger partial charge on any atom is -0.369 e. The summed E-state index contributed by atoms with van der Waals surface area (Å²) in [4.78, 5) is 21.9. The zero-order chi connectivity index (χ0) is 21.5. The molecule has 2 heterocycles. The third-order valence-electron chi connectivity index (χ3n) is 4.83. The monoisotopic (exact) mass is 426 g/mol. The summed E-state index contributed by atoms with van der Waals surface area (Å²) in [5.74, 6) is 1.72. The van der Waals surface area contributed by atoms with Crippen molar-refractivity contribution >= 4 is 34.5 Å². The Balaban J connectivity index is 1.73. The first-order valence-corrected chi connectivity index (χ1v) is 11.5. The number of nitrogens with zero attached hydrogens (tertiary/aromatic N) is 4. The molecule has 0 aliphatic carbocycles. The van der Waals surface area contributed by atoms with Gasteiger partial charge < -0.3 is 10.6 Å². The van der Waals surface area contributed by atoms with E-state index in [9.17, 15) is 4.79 Å². The van der Waals surface area contributed by atoms with Crippen molar-refractivity contribution in [2.75, 3.05) is 24.2 Å². The first-order chi connectivity index (χ1) is 14.5. The molecule has 3 aromatic rings. The molecule has 7 nitrogen and oxygen atoms in total. The number of aromatic nitrogens is 4. The van der Waals surface area contributed by atoms with Crippen LogP contribution < -0.4 is 10.6 Å². The quantitative estimate of drug-likeness (QED) is 0.373. The van der Waals surface area contributed by atoms with Crippen molar-refractivity contribution in [2.24, 2.45) is 0 Å². The zero-order valence-corrected chi connectivity index (χ0v) is 19.0. The molecule has 2 aromatic heterocycles. The summed E-state index contributed by atoms with van der Waals surface area (Å²) in [6.45, 7) is 10.2. The third kappa shape index (κ3) is 5.30. The Morgan fingerprint density at radius 1 is 1.10 bits per heavy atom. The molecule has 1 aromatic carbocycles. The van der Waals surface area contributed by atoms with Crippen LogP contribution in [0.1, 0.15) is 48.2 Å². The van der Waals surface area contributed by atoms with Gasteiger partial charge in [-0.1, -0.05) is 31.7 Å². The van der Waals surface area contributed by atoms with Crippen LogP contribution in [-0.2, 0) is 6.54 Å².